The average Bonchev–Trinajstić information content (AvgIpc) is 2.66. The van der Waals surface area contributed by atoms with Gasteiger partial charge in [0.15, 0.2) is 5.96 Å². The van der Waals surface area contributed by atoms with Crippen LogP contribution in [0.15, 0.2) is 29.3 Å². The van der Waals surface area contributed by atoms with Gasteiger partial charge in [0.25, 0.3) is 0 Å². The molecule has 1 aromatic rings. The van der Waals surface area contributed by atoms with Crippen LogP contribution in [-0.4, -0.2) is 80.8 Å². The van der Waals surface area contributed by atoms with Crippen LogP contribution in [-0.2, 0) is 0 Å². The molecule has 1 saturated heterocycles. The molecule has 1 aliphatic rings. The van der Waals surface area contributed by atoms with E-state index in [2.05, 4.69) is 61.2 Å². The van der Waals surface area contributed by atoms with E-state index in [1.54, 1.807) is 0 Å². The number of hydrogen-bond donors (Lipinski definition) is 2. The summed E-state index contributed by atoms with van der Waals surface area (Å²) in [5.41, 5.74) is 1.16. The number of nitrogens with one attached hydrogen (secondary N) is 2. The number of hydrogen-bond acceptors (Lipinski definition) is 4. The summed E-state index contributed by atoms with van der Waals surface area (Å²) in [6.07, 6.45) is 0.0602. The summed E-state index contributed by atoms with van der Waals surface area (Å²) >= 11 is 0. The van der Waals surface area contributed by atoms with Crippen molar-refractivity contribution in [2.45, 2.75) is 39.8 Å². The van der Waals surface area contributed by atoms with Crippen molar-refractivity contribution >= 4 is 29.9 Å². The Morgan fingerprint density at radius 1 is 1.14 bits per heavy atom. The minimum atomic E-state index is 0. The zero-order chi connectivity index (χ0) is 19.6. The summed E-state index contributed by atoms with van der Waals surface area (Å²) in [6.45, 7) is 15.4. The smallest absolute Gasteiger partial charge is 0.191 e. The molecule has 28 heavy (non-hydrogen) atoms. The fraction of sp³-hybridized carbons (Fsp3) is 0.667. The summed E-state index contributed by atoms with van der Waals surface area (Å²) in [7, 11) is 2.19. The van der Waals surface area contributed by atoms with Crippen LogP contribution in [0.5, 0.6) is 5.75 Å². The number of benzene rings is 1. The van der Waals surface area contributed by atoms with Crippen LogP contribution < -0.4 is 15.4 Å². The fourth-order valence-electron chi connectivity index (χ4n) is 3.13. The molecule has 0 radical (unpaired) electrons. The van der Waals surface area contributed by atoms with Crippen molar-refractivity contribution in [1.82, 2.24) is 20.4 Å². The van der Waals surface area contributed by atoms with Crippen LogP contribution in [0.2, 0.25) is 0 Å². The number of guanidine groups is 1. The topological polar surface area (TPSA) is 52.1 Å². The molecule has 0 spiro atoms. The summed E-state index contributed by atoms with van der Waals surface area (Å²) < 4.78 is 6.05. The fourth-order valence-corrected chi connectivity index (χ4v) is 3.13. The minimum absolute atomic E-state index is 0. The predicted octanol–water partition coefficient (Wildman–Crippen LogP) is 2.57. The Morgan fingerprint density at radius 2 is 1.82 bits per heavy atom. The third-order valence-corrected chi connectivity index (χ3v) is 5.00. The van der Waals surface area contributed by atoms with Gasteiger partial charge in [0.2, 0.25) is 0 Å². The molecule has 0 aromatic heterocycles. The standard InChI is InChI=1S/C21H37N5O.HI/c1-6-22-21(23-15-18(3)26-13-11-25(5)12-14-26)24-16-19(4)27-20-10-8-7-9-17(20)2;/h7-10,18-19H,6,11-16H2,1-5H3,(H2,22,23,24);1H. The largest absolute Gasteiger partial charge is 0.489 e. The van der Waals surface area contributed by atoms with Crippen LogP contribution in [0, 0.1) is 6.92 Å². The molecular weight excluding hydrogens is 465 g/mol. The van der Waals surface area contributed by atoms with Crippen LogP contribution in [0.3, 0.4) is 0 Å². The molecule has 2 unspecified atom stereocenters. The van der Waals surface area contributed by atoms with Gasteiger partial charge in [-0.25, -0.2) is 0 Å². The molecule has 7 heteroatoms. The number of ether oxygens (including phenoxy) is 1. The summed E-state index contributed by atoms with van der Waals surface area (Å²) in [5.74, 6) is 1.80. The molecule has 2 rings (SSSR count). The highest BCUT2D eigenvalue weighted by Gasteiger charge is 2.18. The van der Waals surface area contributed by atoms with Gasteiger partial charge in [0.1, 0.15) is 11.9 Å². The van der Waals surface area contributed by atoms with Crippen molar-refractivity contribution < 1.29 is 4.74 Å². The maximum atomic E-state index is 6.05. The summed E-state index contributed by atoms with van der Waals surface area (Å²) in [5, 5.41) is 6.75. The Morgan fingerprint density at radius 3 is 2.46 bits per heavy atom. The van der Waals surface area contributed by atoms with Crippen molar-refractivity contribution in [2.75, 3.05) is 52.9 Å². The molecule has 2 atom stereocenters. The first-order valence-corrected chi connectivity index (χ1v) is 10.2. The van der Waals surface area contributed by atoms with Gasteiger partial charge in [0, 0.05) is 38.8 Å². The van der Waals surface area contributed by atoms with Gasteiger partial charge in [0.05, 0.1) is 13.1 Å². The van der Waals surface area contributed by atoms with Gasteiger partial charge in [-0.1, -0.05) is 18.2 Å². The molecule has 0 bridgehead atoms. The molecule has 1 fully saturated rings. The number of likely N-dealkylation sites (N-methyl/N-ethyl adjacent to an activating group) is 1. The van der Waals surface area contributed by atoms with Crippen LogP contribution in [0.4, 0.5) is 0 Å². The van der Waals surface area contributed by atoms with Gasteiger partial charge >= 0.3 is 0 Å². The van der Waals surface area contributed by atoms with Gasteiger partial charge in [-0.2, -0.15) is 0 Å². The lowest BCUT2D eigenvalue weighted by atomic mass is 10.2. The van der Waals surface area contributed by atoms with E-state index in [0.29, 0.717) is 12.6 Å². The van der Waals surface area contributed by atoms with Gasteiger partial charge < -0.3 is 20.3 Å². The summed E-state index contributed by atoms with van der Waals surface area (Å²) in [4.78, 5) is 9.70. The molecule has 0 amide bonds. The second kappa shape index (κ2) is 13.2. The Labute approximate surface area is 188 Å². The van der Waals surface area contributed by atoms with Crippen LogP contribution in [0.25, 0.3) is 0 Å². The van der Waals surface area contributed by atoms with E-state index in [9.17, 15) is 0 Å². The first kappa shape index (κ1) is 25.0. The minimum Gasteiger partial charge on any atom is -0.489 e. The Hall–Kier alpha value is -1.06. The lowest BCUT2D eigenvalue weighted by Gasteiger charge is -2.35. The zero-order valence-corrected chi connectivity index (χ0v) is 20.4. The average molecular weight is 503 g/mol. The van der Waals surface area contributed by atoms with Crippen LogP contribution in [0.1, 0.15) is 26.3 Å². The molecule has 1 aliphatic heterocycles. The van der Waals surface area contributed by atoms with Crippen LogP contribution >= 0.6 is 24.0 Å². The molecular formula is C21H38IN5O. The first-order valence-electron chi connectivity index (χ1n) is 10.2. The lowest BCUT2D eigenvalue weighted by molar-refractivity contribution is 0.122. The third-order valence-electron chi connectivity index (χ3n) is 5.00. The Kier molecular flexibility index (Phi) is 11.8. The second-order valence-corrected chi connectivity index (χ2v) is 7.48. The summed E-state index contributed by atoms with van der Waals surface area (Å²) in [6, 6.07) is 8.58. The van der Waals surface area contributed by atoms with E-state index in [0.717, 1.165) is 56.5 Å². The zero-order valence-electron chi connectivity index (χ0n) is 18.1. The van der Waals surface area contributed by atoms with Crippen molar-refractivity contribution in [3.8, 4) is 5.75 Å². The molecule has 160 valence electrons. The van der Waals surface area contributed by atoms with E-state index >= 15 is 0 Å². The third kappa shape index (κ3) is 8.53. The molecule has 0 saturated carbocycles. The molecule has 1 heterocycles. The number of halogens is 1. The number of rotatable bonds is 8. The molecule has 0 aliphatic carbocycles. The lowest BCUT2D eigenvalue weighted by Crippen LogP contribution is -2.49. The quantitative estimate of drug-likeness (QED) is 0.325. The van der Waals surface area contributed by atoms with Gasteiger partial charge in [-0.05, 0) is 46.4 Å². The Balaban J connectivity index is 0.00000392. The highest BCUT2D eigenvalue weighted by atomic mass is 127. The molecule has 2 N–H and O–H groups in total. The SMILES string of the molecule is CCNC(=NCC(C)N1CCN(C)CC1)NCC(C)Oc1ccccc1C.I. The maximum Gasteiger partial charge on any atom is 0.191 e. The number of para-hydroxylation sites is 1. The van der Waals surface area contributed by atoms with Crippen molar-refractivity contribution in [3.05, 3.63) is 29.8 Å². The maximum absolute atomic E-state index is 6.05. The molecule has 1 aromatic carbocycles. The molecule has 6 nitrogen and oxygen atoms in total. The number of nitrogens with zero attached hydrogens (tertiary/aromatic N) is 3. The van der Waals surface area contributed by atoms with E-state index in [-0.39, 0.29) is 30.1 Å². The normalized spacial score (nSPS) is 18.1. The van der Waals surface area contributed by atoms with E-state index in [1.807, 2.05) is 18.2 Å². The van der Waals surface area contributed by atoms with E-state index < -0.39 is 0 Å². The predicted molar refractivity (Wildman–Crippen MR) is 129 cm³/mol. The highest BCUT2D eigenvalue weighted by molar-refractivity contribution is 14.0. The van der Waals surface area contributed by atoms with E-state index in [4.69, 9.17) is 9.73 Å². The van der Waals surface area contributed by atoms with Crippen molar-refractivity contribution in [2.24, 2.45) is 4.99 Å². The number of aliphatic imine (C=N–C) groups is 1. The number of aryl methyl sites for hydroxylation is 1. The first-order chi connectivity index (χ1) is 13.0. The van der Waals surface area contributed by atoms with E-state index in [1.165, 1.54) is 0 Å². The number of piperazine rings is 1. The van der Waals surface area contributed by atoms with Crippen molar-refractivity contribution in [3.63, 3.8) is 0 Å². The highest BCUT2D eigenvalue weighted by Crippen LogP contribution is 2.17. The second-order valence-electron chi connectivity index (χ2n) is 7.48. The van der Waals surface area contributed by atoms with Gasteiger partial charge in [-0.3, -0.25) is 9.89 Å². The Bertz CT molecular complexity index is 590. The van der Waals surface area contributed by atoms with Gasteiger partial charge in [-0.15, -0.1) is 24.0 Å². The van der Waals surface area contributed by atoms with Crippen molar-refractivity contribution in [1.29, 1.82) is 0 Å². The monoisotopic (exact) mass is 503 g/mol.